The van der Waals surface area contributed by atoms with E-state index in [9.17, 15) is 4.79 Å². The van der Waals surface area contributed by atoms with E-state index in [-0.39, 0.29) is 49.0 Å². The topological polar surface area (TPSA) is 94.5 Å². The van der Waals surface area contributed by atoms with Crippen molar-refractivity contribution in [3.05, 3.63) is 107 Å². The number of nitrogens with zero attached hydrogens (tertiary/aromatic N) is 5. The van der Waals surface area contributed by atoms with Crippen LogP contribution in [-0.4, -0.2) is 71.9 Å². The molecule has 0 saturated carbocycles. The molecule has 1 amide bonds. The zero-order valence-electron chi connectivity index (χ0n) is 26.8. The Balaban J connectivity index is 0.00000245. The predicted octanol–water partition coefficient (Wildman–Crippen LogP) is 6.09. The maximum absolute atomic E-state index is 13.9. The van der Waals surface area contributed by atoms with Crippen LogP contribution in [-0.2, 0) is 31.2 Å². The molecule has 0 spiro atoms. The highest BCUT2D eigenvalue weighted by atomic mass is 35.5. The molecule has 0 atom stereocenters. The first-order valence-electron chi connectivity index (χ1n) is 14.7. The number of aryl methyl sites for hydroxylation is 3. The molecular weight excluding hydrogens is 641 g/mol. The van der Waals surface area contributed by atoms with Gasteiger partial charge in [-0.1, -0.05) is 66.7 Å². The quantitative estimate of drug-likeness (QED) is 0.123. The van der Waals surface area contributed by atoms with Crippen LogP contribution >= 0.6 is 37.2 Å². The van der Waals surface area contributed by atoms with Crippen LogP contribution in [0.15, 0.2) is 84.9 Å². The van der Waals surface area contributed by atoms with Crippen molar-refractivity contribution in [3.63, 3.8) is 0 Å². The number of aromatic nitrogens is 2. The molecule has 0 radical (unpaired) electrons. The van der Waals surface area contributed by atoms with Crippen LogP contribution in [0.2, 0.25) is 0 Å². The molecule has 1 heterocycles. The lowest BCUT2D eigenvalue weighted by Gasteiger charge is -2.27. The molecule has 46 heavy (non-hydrogen) atoms. The van der Waals surface area contributed by atoms with E-state index in [4.69, 9.17) is 16.1 Å². The number of halogens is 3. The fraction of sp³-hybridized carbons (Fsp3) is 0.286. The lowest BCUT2D eigenvalue weighted by molar-refractivity contribution is -0.119. The highest BCUT2D eigenvalue weighted by molar-refractivity contribution is 5.97. The molecule has 4 aromatic carbocycles. The number of carbonyl (C=O) groups is 1. The summed E-state index contributed by atoms with van der Waals surface area (Å²) in [6, 6.07) is 28.6. The van der Waals surface area contributed by atoms with Gasteiger partial charge in [0, 0.05) is 37.8 Å². The molecule has 0 bridgehead atoms. The number of nitrogens with two attached hydrogens (primary N) is 1. The Morgan fingerprint density at radius 2 is 1.57 bits per heavy atom. The highest BCUT2D eigenvalue weighted by Crippen LogP contribution is 2.27. The number of amides is 1. The number of nitrogens with one attached hydrogen (secondary N) is 1. The van der Waals surface area contributed by atoms with Crippen molar-refractivity contribution in [2.45, 2.75) is 19.4 Å². The summed E-state index contributed by atoms with van der Waals surface area (Å²) >= 11 is 0. The molecule has 0 aliphatic heterocycles. The van der Waals surface area contributed by atoms with Crippen molar-refractivity contribution < 1.29 is 4.79 Å². The highest BCUT2D eigenvalue weighted by Gasteiger charge is 2.21. The minimum Gasteiger partial charge on any atom is -0.384 e. The summed E-state index contributed by atoms with van der Waals surface area (Å²) < 4.78 is 2.13. The van der Waals surface area contributed by atoms with E-state index in [1.165, 1.54) is 5.56 Å². The number of hydrogen-bond acceptors (Lipinski definition) is 5. The Hall–Kier alpha value is -3.66. The number of nitrogen functional groups attached to an aromatic ring is 1. The van der Waals surface area contributed by atoms with E-state index in [0.717, 1.165) is 70.4 Å². The molecule has 0 fully saturated rings. The van der Waals surface area contributed by atoms with Crippen molar-refractivity contribution in [2.75, 3.05) is 45.7 Å². The summed E-state index contributed by atoms with van der Waals surface area (Å²) in [5.41, 5.74) is 11.4. The standard InChI is InChI=1S/C35H41N7O.3ClH/c1-39(2)20-21-40(3)24-34(43)42(23-28-10-7-9-26-8-5-6-11-30(26)28)29-17-18-32-31(22-29)38-33(41(32)4)19-14-25-12-15-27(16-13-25)35(36)37;;;/h5-13,15-18,22H,14,19-21,23-24H2,1-4H3,(H3,36,37);3*1H. The van der Waals surface area contributed by atoms with Gasteiger partial charge >= 0.3 is 0 Å². The molecule has 3 N–H and O–H groups in total. The molecule has 0 aliphatic rings. The van der Waals surface area contributed by atoms with Gasteiger partial charge in [-0.2, -0.15) is 0 Å². The first-order valence-corrected chi connectivity index (χ1v) is 14.7. The van der Waals surface area contributed by atoms with Crippen LogP contribution in [0, 0.1) is 5.41 Å². The van der Waals surface area contributed by atoms with Gasteiger partial charge in [-0.3, -0.25) is 15.1 Å². The normalized spacial score (nSPS) is 10.8. The smallest absolute Gasteiger partial charge is 0.241 e. The van der Waals surface area contributed by atoms with E-state index in [1.807, 2.05) is 81.6 Å². The van der Waals surface area contributed by atoms with E-state index in [0.29, 0.717) is 13.1 Å². The zero-order valence-corrected chi connectivity index (χ0v) is 29.2. The van der Waals surface area contributed by atoms with Crippen LogP contribution in [0.1, 0.15) is 22.5 Å². The number of carbonyl (C=O) groups excluding carboxylic acids is 1. The first kappa shape index (κ1) is 38.5. The lowest BCUT2D eigenvalue weighted by atomic mass is 10.0. The molecule has 246 valence electrons. The minimum absolute atomic E-state index is 0. The van der Waals surface area contributed by atoms with Crippen molar-refractivity contribution in [3.8, 4) is 0 Å². The first-order chi connectivity index (χ1) is 20.7. The Kier molecular flexibility index (Phi) is 14.5. The molecule has 11 heteroatoms. The van der Waals surface area contributed by atoms with Gasteiger partial charge in [-0.05, 0) is 67.7 Å². The predicted molar refractivity (Wildman–Crippen MR) is 199 cm³/mol. The number of imidazole rings is 1. The second-order valence-corrected chi connectivity index (χ2v) is 11.5. The molecular formula is C35H44Cl3N7O. The number of amidine groups is 1. The number of likely N-dealkylation sites (N-methyl/N-ethyl adjacent to an activating group) is 2. The Labute approximate surface area is 290 Å². The van der Waals surface area contributed by atoms with Gasteiger partial charge in [0.15, 0.2) is 0 Å². The van der Waals surface area contributed by atoms with Gasteiger partial charge < -0.3 is 20.1 Å². The Morgan fingerprint density at radius 1 is 0.870 bits per heavy atom. The van der Waals surface area contributed by atoms with Gasteiger partial charge in [0.1, 0.15) is 11.7 Å². The molecule has 5 aromatic rings. The largest absolute Gasteiger partial charge is 0.384 e. The van der Waals surface area contributed by atoms with Crippen LogP contribution in [0.4, 0.5) is 5.69 Å². The van der Waals surface area contributed by atoms with Crippen molar-refractivity contribution in [2.24, 2.45) is 12.8 Å². The van der Waals surface area contributed by atoms with Crippen molar-refractivity contribution >= 4 is 76.5 Å². The average molecular weight is 685 g/mol. The average Bonchev–Trinajstić information content (AvgIpc) is 3.32. The molecule has 0 aliphatic carbocycles. The zero-order chi connectivity index (χ0) is 30.5. The van der Waals surface area contributed by atoms with Crippen LogP contribution in [0.5, 0.6) is 0 Å². The van der Waals surface area contributed by atoms with E-state index in [1.54, 1.807) is 0 Å². The number of fused-ring (bicyclic) bond motifs is 2. The number of benzene rings is 4. The van der Waals surface area contributed by atoms with Gasteiger partial charge in [0.05, 0.1) is 24.1 Å². The summed E-state index contributed by atoms with van der Waals surface area (Å²) in [5, 5.41) is 9.92. The summed E-state index contributed by atoms with van der Waals surface area (Å²) in [4.78, 5) is 25.0. The maximum atomic E-state index is 13.9. The third-order valence-electron chi connectivity index (χ3n) is 8.01. The summed E-state index contributed by atoms with van der Waals surface area (Å²) in [6.45, 7) is 2.49. The minimum atomic E-state index is 0. The van der Waals surface area contributed by atoms with E-state index >= 15 is 0 Å². The van der Waals surface area contributed by atoms with Crippen molar-refractivity contribution in [1.82, 2.24) is 19.4 Å². The van der Waals surface area contributed by atoms with Gasteiger partial charge in [0.25, 0.3) is 0 Å². The molecule has 5 rings (SSSR count). The number of rotatable bonds is 12. The number of anilines is 1. The van der Waals surface area contributed by atoms with E-state index in [2.05, 4.69) is 50.8 Å². The SMILES string of the molecule is CN(C)CCN(C)CC(=O)N(Cc1cccc2ccccc12)c1ccc2c(c1)nc(CCc1ccc(C(=N)N)cc1)n2C.Cl.Cl.Cl. The van der Waals surface area contributed by atoms with Crippen LogP contribution in [0.25, 0.3) is 21.8 Å². The second kappa shape index (κ2) is 17.3. The third-order valence-corrected chi connectivity index (χ3v) is 8.01. The summed E-state index contributed by atoms with van der Waals surface area (Å²) in [7, 11) is 8.13. The molecule has 0 saturated heterocycles. The summed E-state index contributed by atoms with van der Waals surface area (Å²) in [6.07, 6.45) is 1.60. The number of hydrogen-bond donors (Lipinski definition) is 2. The third kappa shape index (κ3) is 9.21. The molecule has 1 aromatic heterocycles. The van der Waals surface area contributed by atoms with Crippen LogP contribution < -0.4 is 10.6 Å². The second-order valence-electron chi connectivity index (χ2n) is 11.5. The summed E-state index contributed by atoms with van der Waals surface area (Å²) in [5.74, 6) is 1.11. The van der Waals surface area contributed by atoms with Crippen molar-refractivity contribution in [1.29, 1.82) is 5.41 Å². The fourth-order valence-corrected chi connectivity index (χ4v) is 5.43. The molecule has 0 unspecified atom stereocenters. The molecule has 8 nitrogen and oxygen atoms in total. The monoisotopic (exact) mass is 683 g/mol. The van der Waals surface area contributed by atoms with Crippen LogP contribution in [0.3, 0.4) is 0 Å². The maximum Gasteiger partial charge on any atom is 0.241 e. The van der Waals surface area contributed by atoms with E-state index < -0.39 is 0 Å². The fourth-order valence-electron chi connectivity index (χ4n) is 5.43. The van der Waals surface area contributed by atoms with Gasteiger partial charge in [-0.25, -0.2) is 4.98 Å². The van der Waals surface area contributed by atoms with Gasteiger partial charge in [-0.15, -0.1) is 37.2 Å². The Morgan fingerprint density at radius 3 is 2.26 bits per heavy atom. The lowest BCUT2D eigenvalue weighted by Crippen LogP contribution is -2.40. The van der Waals surface area contributed by atoms with Gasteiger partial charge in [0.2, 0.25) is 5.91 Å². The Bertz CT molecular complexity index is 1750.